The van der Waals surface area contributed by atoms with Gasteiger partial charge in [-0.2, -0.15) is 0 Å². The number of ketones is 1. The summed E-state index contributed by atoms with van der Waals surface area (Å²) in [4.78, 5) is 14.0. The molecule has 0 N–H and O–H groups in total. The van der Waals surface area contributed by atoms with Gasteiger partial charge in [-0.3, -0.25) is 4.79 Å². The molecule has 0 aliphatic carbocycles. The Labute approximate surface area is 92.8 Å². The molecule has 0 saturated carbocycles. The second-order valence-electron chi connectivity index (χ2n) is 4.33. The third kappa shape index (κ3) is 3.58. The summed E-state index contributed by atoms with van der Waals surface area (Å²) in [7, 11) is 0. The van der Waals surface area contributed by atoms with E-state index in [9.17, 15) is 4.79 Å². The molecule has 3 heteroatoms. The lowest BCUT2D eigenvalue weighted by Crippen LogP contribution is -2.42. The molecule has 1 saturated heterocycles. The predicted molar refractivity (Wildman–Crippen MR) is 60.9 cm³/mol. The van der Waals surface area contributed by atoms with E-state index >= 15 is 0 Å². The highest BCUT2D eigenvalue weighted by molar-refractivity contribution is 5.82. The topological polar surface area (TPSA) is 29.5 Å². The predicted octanol–water partition coefficient (Wildman–Crippen LogP) is 1.71. The maximum Gasteiger partial charge on any atom is 0.141 e. The lowest BCUT2D eigenvalue weighted by atomic mass is 9.99. The van der Waals surface area contributed by atoms with Crippen LogP contribution in [0.2, 0.25) is 0 Å². The number of Topliss-reactive ketones (excluding diaryl/α,β-unsaturated/α-hetero) is 1. The first kappa shape index (κ1) is 12.7. The molecule has 1 rings (SSSR count). The van der Waals surface area contributed by atoms with Gasteiger partial charge in [0.05, 0.1) is 19.1 Å². The summed E-state index contributed by atoms with van der Waals surface area (Å²) >= 11 is 0. The molecule has 2 atom stereocenters. The van der Waals surface area contributed by atoms with Gasteiger partial charge >= 0.3 is 0 Å². The average molecular weight is 213 g/mol. The number of hydrogen-bond acceptors (Lipinski definition) is 3. The van der Waals surface area contributed by atoms with E-state index in [1.54, 1.807) is 0 Å². The largest absolute Gasteiger partial charge is 0.380 e. The number of ether oxygens (including phenoxy) is 1. The van der Waals surface area contributed by atoms with Crippen molar-refractivity contribution in [1.29, 1.82) is 0 Å². The molecule has 0 amide bonds. The Morgan fingerprint density at radius 1 is 1.53 bits per heavy atom. The zero-order valence-electron chi connectivity index (χ0n) is 10.2. The van der Waals surface area contributed by atoms with Crippen molar-refractivity contribution in [2.45, 2.75) is 39.7 Å². The Balaban J connectivity index is 2.46. The minimum atomic E-state index is 0.104. The first-order valence-corrected chi connectivity index (χ1v) is 6.03. The van der Waals surface area contributed by atoms with Gasteiger partial charge < -0.3 is 9.64 Å². The van der Waals surface area contributed by atoms with Crippen molar-refractivity contribution in [1.82, 2.24) is 4.90 Å². The van der Waals surface area contributed by atoms with Gasteiger partial charge in [0.25, 0.3) is 0 Å². The second-order valence-corrected chi connectivity index (χ2v) is 4.33. The Morgan fingerprint density at radius 2 is 2.27 bits per heavy atom. The smallest absolute Gasteiger partial charge is 0.141 e. The van der Waals surface area contributed by atoms with Crippen molar-refractivity contribution in [2.75, 3.05) is 26.3 Å². The highest BCUT2D eigenvalue weighted by Crippen LogP contribution is 2.14. The SMILES string of the molecule is CCC(C)N(CC)CC1COCCC1=O. The molecule has 0 bridgehead atoms. The normalized spacial score (nSPS) is 24.5. The standard InChI is InChI=1S/C12H23NO2/c1-4-10(3)13(5-2)8-11-9-15-7-6-12(11)14/h10-11H,4-9H2,1-3H3. The highest BCUT2D eigenvalue weighted by Gasteiger charge is 2.25. The Kier molecular flexibility index (Phi) is 5.26. The van der Waals surface area contributed by atoms with Crippen LogP contribution < -0.4 is 0 Å². The van der Waals surface area contributed by atoms with E-state index in [4.69, 9.17) is 4.74 Å². The molecule has 2 unspecified atom stereocenters. The molecule has 1 fully saturated rings. The third-order valence-electron chi connectivity index (χ3n) is 3.34. The fourth-order valence-corrected chi connectivity index (χ4v) is 2.01. The molecule has 0 radical (unpaired) electrons. The molecule has 0 spiro atoms. The fraction of sp³-hybridized carbons (Fsp3) is 0.917. The van der Waals surface area contributed by atoms with Gasteiger partial charge in [0, 0.05) is 19.0 Å². The molecule has 15 heavy (non-hydrogen) atoms. The average Bonchev–Trinajstić information content (AvgIpc) is 2.27. The van der Waals surface area contributed by atoms with Gasteiger partial charge in [0.15, 0.2) is 0 Å². The van der Waals surface area contributed by atoms with E-state index in [0.29, 0.717) is 31.5 Å². The first-order chi connectivity index (χ1) is 7.19. The number of hydrogen-bond donors (Lipinski definition) is 0. The molecular weight excluding hydrogens is 190 g/mol. The molecule has 0 aromatic heterocycles. The second kappa shape index (κ2) is 6.23. The summed E-state index contributed by atoms with van der Waals surface area (Å²) in [5, 5.41) is 0. The number of carbonyl (C=O) groups excluding carboxylic acids is 1. The van der Waals surface area contributed by atoms with E-state index in [0.717, 1.165) is 19.5 Å². The Bertz CT molecular complexity index is 206. The van der Waals surface area contributed by atoms with E-state index < -0.39 is 0 Å². The lowest BCUT2D eigenvalue weighted by Gasteiger charge is -2.31. The van der Waals surface area contributed by atoms with Gasteiger partial charge in [0.2, 0.25) is 0 Å². The first-order valence-electron chi connectivity index (χ1n) is 6.03. The minimum absolute atomic E-state index is 0.104. The monoisotopic (exact) mass is 213 g/mol. The van der Waals surface area contributed by atoms with Crippen molar-refractivity contribution in [3.8, 4) is 0 Å². The van der Waals surface area contributed by atoms with Gasteiger partial charge in [-0.05, 0) is 19.9 Å². The van der Waals surface area contributed by atoms with Crippen LogP contribution in [0.3, 0.4) is 0 Å². The van der Waals surface area contributed by atoms with Crippen LogP contribution in [0.5, 0.6) is 0 Å². The van der Waals surface area contributed by atoms with Crippen LogP contribution in [0, 0.1) is 5.92 Å². The van der Waals surface area contributed by atoms with Crippen molar-refractivity contribution in [3.63, 3.8) is 0 Å². The van der Waals surface area contributed by atoms with Crippen LogP contribution in [0.1, 0.15) is 33.6 Å². The Morgan fingerprint density at radius 3 is 2.80 bits per heavy atom. The molecular formula is C12H23NO2. The number of nitrogens with zero attached hydrogens (tertiary/aromatic N) is 1. The molecule has 1 aliphatic heterocycles. The quantitative estimate of drug-likeness (QED) is 0.696. The van der Waals surface area contributed by atoms with Crippen LogP contribution in [-0.2, 0) is 9.53 Å². The van der Waals surface area contributed by atoms with Crippen molar-refractivity contribution >= 4 is 5.78 Å². The van der Waals surface area contributed by atoms with Crippen LogP contribution in [0.15, 0.2) is 0 Å². The summed E-state index contributed by atoms with van der Waals surface area (Å²) in [5.74, 6) is 0.482. The van der Waals surface area contributed by atoms with E-state index in [2.05, 4.69) is 25.7 Å². The van der Waals surface area contributed by atoms with E-state index in [1.165, 1.54) is 0 Å². The summed E-state index contributed by atoms with van der Waals surface area (Å²) < 4.78 is 5.36. The molecule has 1 aliphatic rings. The van der Waals surface area contributed by atoms with Gasteiger partial charge in [-0.15, -0.1) is 0 Å². The van der Waals surface area contributed by atoms with E-state index in [-0.39, 0.29) is 5.92 Å². The maximum absolute atomic E-state index is 11.6. The zero-order chi connectivity index (χ0) is 11.3. The summed E-state index contributed by atoms with van der Waals surface area (Å²) in [5.41, 5.74) is 0. The van der Waals surface area contributed by atoms with Crippen LogP contribution in [0.25, 0.3) is 0 Å². The Hall–Kier alpha value is -0.410. The van der Waals surface area contributed by atoms with E-state index in [1.807, 2.05) is 0 Å². The van der Waals surface area contributed by atoms with Crippen LogP contribution in [0.4, 0.5) is 0 Å². The molecule has 88 valence electrons. The minimum Gasteiger partial charge on any atom is -0.380 e. The van der Waals surface area contributed by atoms with Gasteiger partial charge in [0.1, 0.15) is 5.78 Å². The molecule has 0 aromatic carbocycles. The molecule has 3 nitrogen and oxygen atoms in total. The highest BCUT2D eigenvalue weighted by atomic mass is 16.5. The van der Waals surface area contributed by atoms with Crippen LogP contribution in [-0.4, -0.2) is 43.0 Å². The number of carbonyl (C=O) groups is 1. The van der Waals surface area contributed by atoms with Gasteiger partial charge in [-0.25, -0.2) is 0 Å². The maximum atomic E-state index is 11.6. The zero-order valence-corrected chi connectivity index (χ0v) is 10.2. The van der Waals surface area contributed by atoms with Crippen molar-refractivity contribution in [3.05, 3.63) is 0 Å². The van der Waals surface area contributed by atoms with Gasteiger partial charge in [-0.1, -0.05) is 13.8 Å². The third-order valence-corrected chi connectivity index (χ3v) is 3.34. The summed E-state index contributed by atoms with van der Waals surface area (Å²) in [6, 6.07) is 0.560. The van der Waals surface area contributed by atoms with Crippen molar-refractivity contribution < 1.29 is 9.53 Å². The summed E-state index contributed by atoms with van der Waals surface area (Å²) in [6.45, 7) is 9.67. The lowest BCUT2D eigenvalue weighted by molar-refractivity contribution is -0.131. The van der Waals surface area contributed by atoms with Crippen LogP contribution >= 0.6 is 0 Å². The van der Waals surface area contributed by atoms with Crippen molar-refractivity contribution in [2.24, 2.45) is 5.92 Å². The molecule has 1 heterocycles. The fourth-order valence-electron chi connectivity index (χ4n) is 2.01. The summed E-state index contributed by atoms with van der Waals surface area (Å²) in [6.07, 6.45) is 1.73. The number of rotatable bonds is 5. The molecule has 0 aromatic rings.